The Labute approximate surface area is 427 Å². The summed E-state index contributed by atoms with van der Waals surface area (Å²) in [7, 11) is 1.50. The molecule has 3 aliphatic heterocycles. The fourth-order valence-corrected chi connectivity index (χ4v) is 11.9. The van der Waals surface area contributed by atoms with Crippen molar-refractivity contribution in [1.82, 2.24) is 0 Å². The molecule has 11 nitrogen and oxygen atoms in total. The summed E-state index contributed by atoms with van der Waals surface area (Å²) in [4.78, 5) is 44.5. The maximum absolute atomic E-state index is 15.3. The number of carbonyl (C=O) groups excluding carboxylic acids is 2. The summed E-state index contributed by atoms with van der Waals surface area (Å²) in [6.07, 6.45) is 3.44. The summed E-state index contributed by atoms with van der Waals surface area (Å²) in [5.41, 5.74) is 6.42. The first kappa shape index (κ1) is 51.5. The normalized spacial score (nSPS) is 23.3. The van der Waals surface area contributed by atoms with E-state index in [0.29, 0.717) is 42.2 Å². The van der Waals surface area contributed by atoms with Crippen molar-refractivity contribution in [2.24, 2.45) is 5.92 Å². The van der Waals surface area contributed by atoms with E-state index in [9.17, 15) is 24.9 Å². The van der Waals surface area contributed by atoms with Crippen LogP contribution in [0.5, 0.6) is 5.75 Å². The van der Waals surface area contributed by atoms with Crippen molar-refractivity contribution in [3.05, 3.63) is 193 Å². The molecule has 2 bridgehead atoms. The zero-order chi connectivity index (χ0) is 51.1. The molecule has 0 amide bonds. The molecule has 0 spiro atoms. The molecular formula is C62H68O11. The number of esters is 2. The number of benzene rings is 5. The quantitative estimate of drug-likeness (QED) is 0.0541. The van der Waals surface area contributed by atoms with Crippen LogP contribution in [0, 0.1) is 5.92 Å². The second-order valence-corrected chi connectivity index (χ2v) is 20.6. The lowest BCUT2D eigenvalue weighted by Crippen LogP contribution is -2.54. The lowest BCUT2D eigenvalue weighted by atomic mass is 9.68. The van der Waals surface area contributed by atoms with Crippen LogP contribution in [0.15, 0.2) is 142 Å². The van der Waals surface area contributed by atoms with Gasteiger partial charge >= 0.3 is 17.6 Å². The number of ether oxygens (including phenoxy) is 4. The maximum atomic E-state index is 15.3. The Hall–Kier alpha value is -6.37. The minimum Gasteiger partial charge on any atom is -0.483 e. The van der Waals surface area contributed by atoms with Crippen molar-refractivity contribution in [2.75, 3.05) is 26.9 Å². The van der Waals surface area contributed by atoms with Gasteiger partial charge in [-0.05, 0) is 152 Å². The lowest BCUT2D eigenvalue weighted by Gasteiger charge is -2.45. The molecular weight excluding hydrogens is 921 g/mol. The Morgan fingerprint density at radius 2 is 1.55 bits per heavy atom. The van der Waals surface area contributed by atoms with Crippen molar-refractivity contribution in [1.29, 1.82) is 0 Å². The minimum atomic E-state index is -1.34. The van der Waals surface area contributed by atoms with Crippen molar-refractivity contribution in [3.63, 3.8) is 0 Å². The molecule has 1 aliphatic carbocycles. The van der Waals surface area contributed by atoms with Crippen LogP contribution in [-0.4, -0.2) is 65.9 Å². The van der Waals surface area contributed by atoms with Crippen LogP contribution in [0.4, 0.5) is 0 Å². The van der Waals surface area contributed by atoms with Gasteiger partial charge in [0, 0.05) is 42.6 Å². The molecule has 0 radical (unpaired) electrons. The number of methoxy groups -OCH3 is 1. The third-order valence-corrected chi connectivity index (χ3v) is 15.8. The van der Waals surface area contributed by atoms with Gasteiger partial charge in [0.1, 0.15) is 16.9 Å². The molecule has 73 heavy (non-hydrogen) atoms. The molecule has 4 aliphatic rings. The molecule has 382 valence electrons. The molecule has 5 aromatic carbocycles. The van der Waals surface area contributed by atoms with Crippen molar-refractivity contribution in [3.8, 4) is 5.75 Å². The average Bonchev–Trinajstić information content (AvgIpc) is 3.39. The van der Waals surface area contributed by atoms with Crippen LogP contribution in [-0.2, 0) is 49.7 Å². The number of aliphatic hydroxyl groups is 3. The van der Waals surface area contributed by atoms with E-state index in [-0.39, 0.29) is 84.9 Å². The fourth-order valence-electron chi connectivity index (χ4n) is 11.9. The molecule has 11 heteroatoms. The van der Waals surface area contributed by atoms with E-state index < -0.39 is 47.9 Å². The van der Waals surface area contributed by atoms with Crippen molar-refractivity contribution < 1.29 is 48.3 Å². The maximum Gasteiger partial charge on any atom is 0.340 e. The van der Waals surface area contributed by atoms with Gasteiger partial charge in [-0.2, -0.15) is 0 Å². The first-order valence-corrected chi connectivity index (χ1v) is 26.0. The Kier molecular flexibility index (Phi) is 16.4. The Morgan fingerprint density at radius 1 is 0.808 bits per heavy atom. The third kappa shape index (κ3) is 11.4. The number of hydrogen-bond donors (Lipinski definition) is 3. The molecule has 0 unspecified atom stereocenters. The molecule has 10 rings (SSSR count). The van der Waals surface area contributed by atoms with E-state index in [1.54, 1.807) is 19.1 Å². The SMILES string of the molecule is COC[C@@H](CCO)c1c(CO)c2ccc3c(c2oc1=O)[C@H]1OC(=O)C[C@H]2C[C@@H](c4cccc(Cc5ccccc5)c4)CC[C@H]2c2ccc(cc2)CC/C(=C(\C)CO)C(=O)O[C@@H]1[C@](C)(CCCc1ccccc1)O3. The van der Waals surface area contributed by atoms with Crippen LogP contribution >= 0.6 is 0 Å². The highest BCUT2D eigenvalue weighted by Crippen LogP contribution is 2.51. The highest BCUT2D eigenvalue weighted by molar-refractivity contribution is 5.90. The second kappa shape index (κ2) is 23.2. The molecule has 4 heterocycles. The van der Waals surface area contributed by atoms with Gasteiger partial charge in [0.2, 0.25) is 0 Å². The van der Waals surface area contributed by atoms with E-state index in [1.165, 1.54) is 23.8 Å². The van der Waals surface area contributed by atoms with Gasteiger partial charge in [0.15, 0.2) is 12.2 Å². The summed E-state index contributed by atoms with van der Waals surface area (Å²) in [6, 6.07) is 41.3. The van der Waals surface area contributed by atoms with E-state index >= 15 is 4.79 Å². The van der Waals surface area contributed by atoms with Gasteiger partial charge in [-0.3, -0.25) is 4.79 Å². The highest BCUT2D eigenvalue weighted by atomic mass is 16.6. The van der Waals surface area contributed by atoms with Crippen LogP contribution in [0.25, 0.3) is 11.0 Å². The summed E-state index contributed by atoms with van der Waals surface area (Å²) in [5, 5.41) is 32.0. The van der Waals surface area contributed by atoms with Crippen molar-refractivity contribution >= 4 is 22.9 Å². The number of aryl methyl sites for hydroxylation is 2. The van der Waals surface area contributed by atoms with Gasteiger partial charge < -0.3 is 38.7 Å². The van der Waals surface area contributed by atoms with E-state index in [0.717, 1.165) is 42.4 Å². The minimum absolute atomic E-state index is 0.0305. The first-order valence-electron chi connectivity index (χ1n) is 26.0. The summed E-state index contributed by atoms with van der Waals surface area (Å²) >= 11 is 0. The molecule has 1 aromatic heterocycles. The number of aliphatic hydroxyl groups excluding tert-OH is 3. The predicted octanol–water partition coefficient (Wildman–Crippen LogP) is 10.7. The van der Waals surface area contributed by atoms with E-state index in [4.69, 9.17) is 23.4 Å². The molecule has 1 saturated carbocycles. The van der Waals surface area contributed by atoms with Gasteiger partial charge in [-0.25, -0.2) is 9.59 Å². The molecule has 7 atom stereocenters. The van der Waals surface area contributed by atoms with Crippen LogP contribution in [0.2, 0.25) is 0 Å². The topological polar surface area (TPSA) is 162 Å². The molecule has 0 saturated heterocycles. The number of carbonyl (C=O) groups is 2. The lowest BCUT2D eigenvalue weighted by molar-refractivity contribution is -0.192. The summed E-state index contributed by atoms with van der Waals surface area (Å²) in [5.74, 6) is -1.39. The van der Waals surface area contributed by atoms with Crippen molar-refractivity contribution in [2.45, 2.75) is 127 Å². The average molecular weight is 989 g/mol. The third-order valence-electron chi connectivity index (χ3n) is 15.8. The zero-order valence-corrected chi connectivity index (χ0v) is 42.2. The Balaban J connectivity index is 1.17. The van der Waals surface area contributed by atoms with Crippen LogP contribution in [0.1, 0.15) is 139 Å². The zero-order valence-electron chi connectivity index (χ0n) is 42.2. The first-order chi connectivity index (χ1) is 35.5. The van der Waals surface area contributed by atoms with Gasteiger partial charge in [-0.1, -0.05) is 109 Å². The summed E-state index contributed by atoms with van der Waals surface area (Å²) in [6.45, 7) is 2.51. The summed E-state index contributed by atoms with van der Waals surface area (Å²) < 4.78 is 32.3. The van der Waals surface area contributed by atoms with Gasteiger partial charge in [0.05, 0.1) is 25.4 Å². The largest absolute Gasteiger partial charge is 0.483 e. The standard InChI is InChI=1S/C62H68O11/c1-39(36-64)49-25-21-41-19-22-44(23-20-41)50-26-24-46(45-18-10-16-43(33-45)32-42-14-8-5-9-15-42)34-48(50)35-54(66)70-58-56-53(73-62(2,59(58)72-60(49)67)30-11-17-40-12-6-4-7-13-40)28-27-51-52(37-65)55(61(68)71-57(51)56)47(29-31-63)38-69-3/h4-10,12-16,18-20,22-23,27-28,33,46-48,50,58-59,63-65H,11,17,21,24-26,29-32,34-38H2,1-3H3/b49-39-/t46-,47+,48+,50-,58+,59-,62-/m0/s1. The van der Waals surface area contributed by atoms with Gasteiger partial charge in [0.25, 0.3) is 0 Å². The molecule has 3 N–H and O–H groups in total. The van der Waals surface area contributed by atoms with Gasteiger partial charge in [-0.15, -0.1) is 0 Å². The highest BCUT2D eigenvalue weighted by Gasteiger charge is 2.53. The molecule has 1 fully saturated rings. The smallest absolute Gasteiger partial charge is 0.340 e. The van der Waals surface area contributed by atoms with E-state index in [2.05, 4.69) is 84.9 Å². The predicted molar refractivity (Wildman–Crippen MR) is 280 cm³/mol. The fraction of sp³-hybridized carbons (Fsp3) is 0.403. The van der Waals surface area contributed by atoms with Crippen LogP contribution in [0.3, 0.4) is 0 Å². The number of hydrogen-bond acceptors (Lipinski definition) is 11. The Morgan fingerprint density at radius 3 is 2.26 bits per heavy atom. The number of fused-ring (bicyclic) bond motifs is 11. The van der Waals surface area contributed by atoms with E-state index in [1.807, 2.05) is 31.2 Å². The van der Waals surface area contributed by atoms with Crippen LogP contribution < -0.4 is 10.4 Å². The second-order valence-electron chi connectivity index (χ2n) is 20.6. The monoisotopic (exact) mass is 988 g/mol. The Bertz CT molecular complexity index is 2960. The molecule has 6 aromatic rings. The number of rotatable bonds is 14.